The van der Waals surface area contributed by atoms with E-state index in [1.54, 1.807) is 38.1 Å². The normalized spacial score (nSPS) is 11.5. The summed E-state index contributed by atoms with van der Waals surface area (Å²) in [7, 11) is 0. The molecule has 0 aromatic heterocycles. The van der Waals surface area contributed by atoms with Crippen LogP contribution in [0.15, 0.2) is 54.6 Å². The van der Waals surface area contributed by atoms with E-state index in [0.717, 1.165) is 5.56 Å². The number of benzene rings is 2. The van der Waals surface area contributed by atoms with Gasteiger partial charge < -0.3 is 20.1 Å². The zero-order valence-electron chi connectivity index (χ0n) is 17.5. The van der Waals surface area contributed by atoms with Crippen molar-refractivity contribution in [3.8, 4) is 5.75 Å². The van der Waals surface area contributed by atoms with Crippen molar-refractivity contribution in [3.05, 3.63) is 65.7 Å². The largest absolute Gasteiger partial charge is 0.494 e. The molecule has 0 heterocycles. The molecule has 160 valence electrons. The second-order valence-electron chi connectivity index (χ2n) is 7.02. The van der Waals surface area contributed by atoms with Crippen LogP contribution in [0.5, 0.6) is 5.75 Å². The lowest BCUT2D eigenvalue weighted by atomic mass is 10.0. The number of amides is 2. The zero-order valence-corrected chi connectivity index (χ0v) is 17.5. The van der Waals surface area contributed by atoms with Crippen LogP contribution in [0.25, 0.3) is 0 Å². The van der Waals surface area contributed by atoms with Crippen molar-refractivity contribution in [2.24, 2.45) is 5.92 Å². The lowest BCUT2D eigenvalue weighted by molar-refractivity contribution is -0.151. The number of rotatable bonds is 10. The van der Waals surface area contributed by atoms with Crippen LogP contribution in [0.1, 0.15) is 36.7 Å². The number of carbonyl (C=O) groups is 3. The molecule has 0 aliphatic heterocycles. The maximum Gasteiger partial charge on any atom is 0.329 e. The highest BCUT2D eigenvalue weighted by Gasteiger charge is 2.26. The number of ether oxygens (including phenoxy) is 2. The van der Waals surface area contributed by atoms with Crippen molar-refractivity contribution >= 4 is 17.8 Å². The number of esters is 1. The molecule has 2 N–H and O–H groups in total. The van der Waals surface area contributed by atoms with Gasteiger partial charge in [0.05, 0.1) is 6.61 Å². The predicted octanol–water partition coefficient (Wildman–Crippen LogP) is 2.70. The minimum atomic E-state index is -0.869. The van der Waals surface area contributed by atoms with E-state index in [4.69, 9.17) is 9.47 Å². The summed E-state index contributed by atoms with van der Waals surface area (Å²) in [6.07, 6.45) is 0. The van der Waals surface area contributed by atoms with E-state index in [0.29, 0.717) is 24.5 Å². The van der Waals surface area contributed by atoms with Gasteiger partial charge in [-0.15, -0.1) is 0 Å². The highest BCUT2D eigenvalue weighted by Crippen LogP contribution is 2.13. The standard InChI is InChI=1S/C23H28N2O5/c1-4-29-19-12-10-18(11-13-19)22(27)25-21(16(2)3)23(28)30-15-20(26)24-14-17-8-6-5-7-9-17/h5-13,16,21H,4,14-15H2,1-3H3,(H,24,26)(H,25,27)/t21-/m0/s1. The first-order valence-electron chi connectivity index (χ1n) is 9.91. The molecular formula is C23H28N2O5. The summed E-state index contributed by atoms with van der Waals surface area (Å²) in [5, 5.41) is 5.37. The van der Waals surface area contributed by atoms with Crippen molar-refractivity contribution < 1.29 is 23.9 Å². The molecule has 0 saturated carbocycles. The Morgan fingerprint density at radius 2 is 1.63 bits per heavy atom. The molecule has 7 nitrogen and oxygen atoms in total. The molecule has 0 bridgehead atoms. The van der Waals surface area contributed by atoms with Gasteiger partial charge in [-0.1, -0.05) is 44.2 Å². The lowest BCUT2D eigenvalue weighted by Gasteiger charge is -2.21. The molecular weight excluding hydrogens is 384 g/mol. The van der Waals surface area contributed by atoms with Crippen LogP contribution in [0, 0.1) is 5.92 Å². The molecule has 7 heteroatoms. The number of hydrogen-bond acceptors (Lipinski definition) is 5. The van der Waals surface area contributed by atoms with Crippen molar-refractivity contribution in [2.75, 3.05) is 13.2 Å². The Labute approximate surface area is 176 Å². The summed E-state index contributed by atoms with van der Waals surface area (Å²) >= 11 is 0. The Hall–Kier alpha value is -3.35. The van der Waals surface area contributed by atoms with Crippen molar-refractivity contribution in [1.29, 1.82) is 0 Å². The Morgan fingerprint density at radius 3 is 2.23 bits per heavy atom. The summed E-state index contributed by atoms with van der Waals surface area (Å²) in [6.45, 7) is 5.93. The van der Waals surface area contributed by atoms with Gasteiger partial charge in [0.1, 0.15) is 11.8 Å². The molecule has 1 atom stereocenters. The fourth-order valence-corrected chi connectivity index (χ4v) is 2.67. The van der Waals surface area contributed by atoms with Gasteiger partial charge in [0.15, 0.2) is 6.61 Å². The first-order chi connectivity index (χ1) is 14.4. The van der Waals surface area contributed by atoms with E-state index in [2.05, 4.69) is 10.6 Å². The number of nitrogens with one attached hydrogen (secondary N) is 2. The maximum absolute atomic E-state index is 12.5. The smallest absolute Gasteiger partial charge is 0.329 e. The SMILES string of the molecule is CCOc1ccc(C(=O)N[C@H](C(=O)OCC(=O)NCc2ccccc2)C(C)C)cc1. The van der Waals surface area contributed by atoms with Gasteiger partial charge in [-0.3, -0.25) is 9.59 Å². The van der Waals surface area contributed by atoms with Crippen LogP contribution in [-0.4, -0.2) is 37.0 Å². The molecule has 2 amide bonds. The van der Waals surface area contributed by atoms with Gasteiger partial charge in [-0.05, 0) is 42.7 Å². The molecule has 0 aliphatic carbocycles. The fraction of sp³-hybridized carbons (Fsp3) is 0.348. The van der Waals surface area contributed by atoms with Gasteiger partial charge in [0.25, 0.3) is 11.8 Å². The third-order valence-electron chi connectivity index (χ3n) is 4.31. The average Bonchev–Trinajstić information content (AvgIpc) is 2.75. The summed E-state index contributed by atoms with van der Waals surface area (Å²) in [5.74, 6) is -1.01. The Kier molecular flexibility index (Phi) is 8.87. The summed E-state index contributed by atoms with van der Waals surface area (Å²) in [5.41, 5.74) is 1.34. The molecule has 2 aromatic carbocycles. The van der Waals surface area contributed by atoms with E-state index >= 15 is 0 Å². The van der Waals surface area contributed by atoms with E-state index in [-0.39, 0.29) is 5.92 Å². The van der Waals surface area contributed by atoms with Gasteiger partial charge in [0.2, 0.25) is 0 Å². The minimum absolute atomic E-state index is 0.212. The van der Waals surface area contributed by atoms with Gasteiger partial charge in [-0.2, -0.15) is 0 Å². The predicted molar refractivity (Wildman–Crippen MR) is 113 cm³/mol. The minimum Gasteiger partial charge on any atom is -0.494 e. The molecule has 0 aliphatic rings. The number of carbonyl (C=O) groups excluding carboxylic acids is 3. The maximum atomic E-state index is 12.5. The van der Waals surface area contributed by atoms with Gasteiger partial charge in [-0.25, -0.2) is 4.79 Å². The monoisotopic (exact) mass is 412 g/mol. The van der Waals surface area contributed by atoms with Crippen molar-refractivity contribution in [3.63, 3.8) is 0 Å². The zero-order chi connectivity index (χ0) is 21.9. The van der Waals surface area contributed by atoms with Crippen LogP contribution in [0.3, 0.4) is 0 Å². The molecule has 0 fully saturated rings. The van der Waals surface area contributed by atoms with Gasteiger partial charge in [0, 0.05) is 12.1 Å². The molecule has 0 spiro atoms. The molecule has 0 saturated heterocycles. The van der Waals surface area contributed by atoms with E-state index < -0.39 is 30.4 Å². The lowest BCUT2D eigenvalue weighted by Crippen LogP contribution is -2.46. The molecule has 2 aromatic rings. The van der Waals surface area contributed by atoms with Crippen LogP contribution < -0.4 is 15.4 Å². The van der Waals surface area contributed by atoms with E-state index in [1.807, 2.05) is 37.3 Å². The fourth-order valence-electron chi connectivity index (χ4n) is 2.67. The second-order valence-corrected chi connectivity index (χ2v) is 7.02. The third-order valence-corrected chi connectivity index (χ3v) is 4.31. The molecule has 0 radical (unpaired) electrons. The Morgan fingerprint density at radius 1 is 0.967 bits per heavy atom. The quantitative estimate of drug-likeness (QED) is 0.585. The second kappa shape index (κ2) is 11.6. The van der Waals surface area contributed by atoms with E-state index in [9.17, 15) is 14.4 Å². The topological polar surface area (TPSA) is 93.7 Å². The molecule has 0 unspecified atom stereocenters. The van der Waals surface area contributed by atoms with Crippen LogP contribution >= 0.6 is 0 Å². The van der Waals surface area contributed by atoms with Gasteiger partial charge >= 0.3 is 5.97 Å². The highest BCUT2D eigenvalue weighted by atomic mass is 16.5. The number of hydrogen-bond donors (Lipinski definition) is 2. The van der Waals surface area contributed by atoms with Crippen LogP contribution in [-0.2, 0) is 20.9 Å². The van der Waals surface area contributed by atoms with Crippen molar-refractivity contribution in [1.82, 2.24) is 10.6 Å². The first kappa shape index (κ1) is 22.9. The Bertz CT molecular complexity index is 834. The average molecular weight is 412 g/mol. The van der Waals surface area contributed by atoms with Crippen LogP contribution in [0.2, 0.25) is 0 Å². The molecule has 30 heavy (non-hydrogen) atoms. The molecule has 2 rings (SSSR count). The summed E-state index contributed by atoms with van der Waals surface area (Å²) < 4.78 is 10.5. The van der Waals surface area contributed by atoms with E-state index in [1.165, 1.54) is 0 Å². The highest BCUT2D eigenvalue weighted by molar-refractivity contribution is 5.97. The summed E-state index contributed by atoms with van der Waals surface area (Å²) in [4.78, 5) is 36.9. The third kappa shape index (κ3) is 7.24. The first-order valence-corrected chi connectivity index (χ1v) is 9.91. The van der Waals surface area contributed by atoms with Crippen LogP contribution in [0.4, 0.5) is 0 Å². The van der Waals surface area contributed by atoms with Crippen molar-refractivity contribution in [2.45, 2.75) is 33.4 Å². The Balaban J connectivity index is 1.86. The summed E-state index contributed by atoms with van der Waals surface area (Å²) in [6, 6.07) is 15.2.